The third-order valence-corrected chi connectivity index (χ3v) is 9.45. The Hall–Kier alpha value is -1.96. The molecule has 1 aromatic carbocycles. The summed E-state index contributed by atoms with van der Waals surface area (Å²) in [5.74, 6) is -1.73. The van der Waals surface area contributed by atoms with Gasteiger partial charge in [-0.1, -0.05) is 29.8 Å². The van der Waals surface area contributed by atoms with Crippen LogP contribution in [0.4, 0.5) is 10.1 Å². The number of anilines is 1. The number of rotatable bonds is 10. The van der Waals surface area contributed by atoms with Crippen LogP contribution >= 0.6 is 26.8 Å². The zero-order chi connectivity index (χ0) is 27.8. The predicted molar refractivity (Wildman–Crippen MR) is 134 cm³/mol. The smallest absolute Gasteiger partial charge is 0.340 e. The SMILES string of the molecule is C[C@H](Cc1ccccc1F)Nc1cc(Cl)nc2c1cnn2[C@H]1O[C@@H](COP(=O)(O)CP(=O)(O)O)[C@H](O)[C@@H]1O. The Morgan fingerprint density at radius 3 is 2.63 bits per heavy atom. The molecule has 17 heteroatoms. The Morgan fingerprint density at radius 1 is 1.24 bits per heavy atom. The lowest BCUT2D eigenvalue weighted by atomic mass is 10.1. The van der Waals surface area contributed by atoms with E-state index in [0.717, 1.165) is 0 Å². The van der Waals surface area contributed by atoms with Crippen molar-refractivity contribution >= 4 is 43.5 Å². The van der Waals surface area contributed by atoms with Crippen LogP contribution in [0.25, 0.3) is 11.0 Å². The van der Waals surface area contributed by atoms with Gasteiger partial charge in [-0.2, -0.15) is 5.10 Å². The number of aromatic nitrogens is 3. The lowest BCUT2D eigenvalue weighted by Crippen LogP contribution is -2.33. The third kappa shape index (κ3) is 6.78. The van der Waals surface area contributed by atoms with Gasteiger partial charge in [0.25, 0.3) is 0 Å². The molecule has 0 amide bonds. The second-order valence-electron chi connectivity index (χ2n) is 8.95. The molecule has 4 rings (SSSR count). The molecule has 0 bridgehead atoms. The number of benzene rings is 1. The van der Waals surface area contributed by atoms with E-state index >= 15 is 0 Å². The molecule has 1 aliphatic heterocycles. The molecule has 2 aromatic heterocycles. The minimum absolute atomic E-state index is 0.0754. The van der Waals surface area contributed by atoms with Crippen LogP contribution in [0, 0.1) is 5.82 Å². The van der Waals surface area contributed by atoms with Crippen molar-refractivity contribution in [2.45, 2.75) is 43.9 Å². The highest BCUT2D eigenvalue weighted by Crippen LogP contribution is 2.55. The summed E-state index contributed by atoms with van der Waals surface area (Å²) in [5, 5.41) is 29.0. The first-order valence-electron chi connectivity index (χ1n) is 11.3. The largest absolute Gasteiger partial charge is 0.387 e. The number of aliphatic hydroxyl groups is 2. The molecule has 3 heterocycles. The van der Waals surface area contributed by atoms with E-state index in [4.69, 9.17) is 30.6 Å². The highest BCUT2D eigenvalue weighted by molar-refractivity contribution is 7.70. The summed E-state index contributed by atoms with van der Waals surface area (Å²) in [6.45, 7) is 1.12. The maximum Gasteiger partial charge on any atom is 0.340 e. The average molecular weight is 595 g/mol. The van der Waals surface area contributed by atoms with Crippen LogP contribution in [0.1, 0.15) is 18.7 Å². The number of hydrogen-bond acceptors (Lipinski definition) is 9. The number of hydrogen-bond donors (Lipinski definition) is 6. The molecule has 6 N–H and O–H groups in total. The van der Waals surface area contributed by atoms with E-state index in [1.807, 2.05) is 6.92 Å². The van der Waals surface area contributed by atoms with Gasteiger partial charge in [0, 0.05) is 6.04 Å². The minimum atomic E-state index is -4.85. The Bertz CT molecular complexity index is 1410. The van der Waals surface area contributed by atoms with Crippen LogP contribution < -0.4 is 5.32 Å². The first-order valence-corrected chi connectivity index (χ1v) is 15.2. The van der Waals surface area contributed by atoms with Gasteiger partial charge < -0.3 is 39.5 Å². The molecule has 208 valence electrons. The monoisotopic (exact) mass is 594 g/mol. The molecule has 1 unspecified atom stereocenters. The maximum atomic E-state index is 14.1. The Morgan fingerprint density at radius 2 is 1.95 bits per heavy atom. The summed E-state index contributed by atoms with van der Waals surface area (Å²) in [6.07, 6.45) is -3.98. The molecule has 6 atom stereocenters. The summed E-state index contributed by atoms with van der Waals surface area (Å²) in [6, 6.07) is 7.75. The van der Waals surface area contributed by atoms with Crippen molar-refractivity contribution < 1.29 is 47.7 Å². The van der Waals surface area contributed by atoms with Gasteiger partial charge in [0.05, 0.1) is 23.9 Å². The van der Waals surface area contributed by atoms with E-state index in [1.54, 1.807) is 24.3 Å². The Balaban J connectivity index is 1.52. The maximum absolute atomic E-state index is 14.1. The van der Waals surface area contributed by atoms with E-state index in [9.17, 15) is 28.6 Å². The lowest BCUT2D eigenvalue weighted by Gasteiger charge is -2.18. The summed E-state index contributed by atoms with van der Waals surface area (Å²) < 4.78 is 48.5. The standard InChI is InChI=1S/C21H26ClFN4O9P2/c1-11(6-12-4-2-3-5-14(12)23)25-15-7-17(22)26-20-13(15)8-24-27(20)21-19(29)18(28)16(36-21)9-35-38(33,34)10-37(30,31)32/h2-5,7-8,11,16,18-19,21,28-29H,6,9-10H2,1H3,(H,25,26)(H,33,34)(H2,30,31,32)/t11-,16+,18+,19+,21+/m1/s1. The zero-order valence-corrected chi connectivity index (χ0v) is 22.4. The number of halogens is 2. The normalized spacial score (nSPS) is 24.4. The quantitative estimate of drug-likeness (QED) is 0.148. The van der Waals surface area contributed by atoms with E-state index in [-0.39, 0.29) is 22.7 Å². The number of pyridine rings is 1. The van der Waals surface area contributed by atoms with Crippen molar-refractivity contribution in [1.29, 1.82) is 0 Å². The second kappa shape index (κ2) is 11.3. The fourth-order valence-corrected chi connectivity index (χ4v) is 6.89. The summed E-state index contributed by atoms with van der Waals surface area (Å²) >= 11 is 6.23. The zero-order valence-electron chi connectivity index (χ0n) is 19.8. The van der Waals surface area contributed by atoms with Gasteiger partial charge >= 0.3 is 15.2 Å². The van der Waals surface area contributed by atoms with Crippen LogP contribution in [0.5, 0.6) is 0 Å². The predicted octanol–water partition coefficient (Wildman–Crippen LogP) is 2.22. The lowest BCUT2D eigenvalue weighted by molar-refractivity contribution is -0.0541. The van der Waals surface area contributed by atoms with Crippen molar-refractivity contribution in [2.75, 3.05) is 17.8 Å². The van der Waals surface area contributed by atoms with Crippen LogP contribution in [0.15, 0.2) is 36.5 Å². The van der Waals surface area contributed by atoms with E-state index in [0.29, 0.717) is 23.1 Å². The van der Waals surface area contributed by atoms with Gasteiger partial charge in [-0.25, -0.2) is 14.1 Å². The Labute approximate surface area is 220 Å². The van der Waals surface area contributed by atoms with Crippen LogP contribution in [-0.4, -0.2) is 76.5 Å². The number of aliphatic hydroxyl groups excluding tert-OH is 2. The molecule has 3 aromatic rings. The highest BCUT2D eigenvalue weighted by atomic mass is 35.5. The van der Waals surface area contributed by atoms with Crippen LogP contribution in [0.2, 0.25) is 5.15 Å². The molecular formula is C21H26ClFN4O9P2. The fraction of sp³-hybridized carbons (Fsp3) is 0.429. The van der Waals surface area contributed by atoms with Gasteiger partial charge in [-0.3, -0.25) is 9.13 Å². The van der Waals surface area contributed by atoms with Crippen molar-refractivity contribution in [3.05, 3.63) is 53.1 Å². The van der Waals surface area contributed by atoms with Crippen molar-refractivity contribution in [2.24, 2.45) is 0 Å². The Kier molecular flexibility index (Phi) is 8.61. The summed E-state index contributed by atoms with van der Waals surface area (Å²) in [5.41, 5.74) is 1.24. The van der Waals surface area contributed by atoms with Crippen LogP contribution in [-0.2, 0) is 24.8 Å². The fourth-order valence-electron chi connectivity index (χ4n) is 4.14. The molecule has 0 saturated carbocycles. The molecule has 1 aliphatic rings. The van der Waals surface area contributed by atoms with Crippen LogP contribution in [0.3, 0.4) is 0 Å². The van der Waals surface area contributed by atoms with Gasteiger partial charge in [-0.05, 0) is 31.0 Å². The molecule has 1 saturated heterocycles. The summed E-state index contributed by atoms with van der Waals surface area (Å²) in [7, 11) is -9.55. The van der Waals surface area contributed by atoms with Gasteiger partial charge in [0.15, 0.2) is 17.8 Å². The molecule has 0 radical (unpaired) electrons. The highest BCUT2D eigenvalue weighted by Gasteiger charge is 2.46. The topological polar surface area (TPSA) is 196 Å². The van der Waals surface area contributed by atoms with Crippen molar-refractivity contribution in [3.8, 4) is 0 Å². The van der Waals surface area contributed by atoms with Gasteiger partial charge in [0.2, 0.25) is 0 Å². The number of nitrogens with zero attached hydrogens (tertiary/aromatic N) is 3. The number of ether oxygens (including phenoxy) is 1. The molecular weight excluding hydrogens is 569 g/mol. The molecule has 1 fully saturated rings. The number of fused-ring (bicyclic) bond motifs is 1. The molecule has 0 aliphatic carbocycles. The summed E-state index contributed by atoms with van der Waals surface area (Å²) in [4.78, 5) is 31.8. The van der Waals surface area contributed by atoms with E-state index < -0.39 is 52.2 Å². The molecule has 38 heavy (non-hydrogen) atoms. The van der Waals surface area contributed by atoms with Gasteiger partial charge in [0.1, 0.15) is 29.3 Å². The first kappa shape index (κ1) is 29.0. The minimum Gasteiger partial charge on any atom is -0.387 e. The van der Waals surface area contributed by atoms with Crippen molar-refractivity contribution in [3.63, 3.8) is 0 Å². The van der Waals surface area contributed by atoms with Gasteiger partial charge in [-0.15, -0.1) is 0 Å². The van der Waals surface area contributed by atoms with E-state index in [1.165, 1.54) is 16.9 Å². The number of nitrogens with one attached hydrogen (secondary N) is 1. The molecule has 13 nitrogen and oxygen atoms in total. The van der Waals surface area contributed by atoms with Crippen molar-refractivity contribution in [1.82, 2.24) is 14.8 Å². The third-order valence-electron chi connectivity index (χ3n) is 5.80. The van der Waals surface area contributed by atoms with E-state index in [2.05, 4.69) is 15.4 Å². The average Bonchev–Trinajstić information content (AvgIpc) is 3.33. The first-order chi connectivity index (χ1) is 17.7. The molecule has 0 spiro atoms. The second-order valence-corrected chi connectivity index (χ2v) is 13.3.